The highest BCUT2D eigenvalue weighted by atomic mass is 35.5. The molecule has 2 aromatic carbocycles. The number of hydrogen-bond acceptors (Lipinski definition) is 3. The molecule has 0 unspecified atom stereocenters. The van der Waals surface area contributed by atoms with Crippen molar-refractivity contribution in [3.8, 4) is 33.9 Å². The zero-order chi connectivity index (χ0) is 22.3. The molecular formula is C26H30ClNO2. The summed E-state index contributed by atoms with van der Waals surface area (Å²) in [4.78, 5) is 4.45. The normalized spacial score (nSPS) is 12.1. The number of benzene rings is 2. The molecule has 4 heteroatoms. The third-order valence-corrected chi connectivity index (χ3v) is 5.50. The van der Waals surface area contributed by atoms with Crippen molar-refractivity contribution in [3.63, 3.8) is 0 Å². The number of aromatic nitrogens is 1. The summed E-state index contributed by atoms with van der Waals surface area (Å²) in [6.45, 7) is 12.9. The molecular weight excluding hydrogens is 394 g/mol. The van der Waals surface area contributed by atoms with Gasteiger partial charge in [0, 0.05) is 16.7 Å². The molecule has 3 nitrogen and oxygen atoms in total. The van der Waals surface area contributed by atoms with Crippen LogP contribution in [-0.4, -0.2) is 17.2 Å². The lowest BCUT2D eigenvalue weighted by atomic mass is 9.78. The van der Waals surface area contributed by atoms with Gasteiger partial charge in [-0.3, -0.25) is 0 Å². The van der Waals surface area contributed by atoms with Crippen LogP contribution in [0.5, 0.6) is 11.5 Å². The molecule has 0 atom stereocenters. The minimum absolute atomic E-state index is 0.0493. The van der Waals surface area contributed by atoms with Crippen molar-refractivity contribution in [2.45, 2.75) is 52.4 Å². The molecule has 0 aliphatic carbocycles. The predicted octanol–water partition coefficient (Wildman–Crippen LogP) is 7.38. The number of halogens is 1. The standard InChI is InChI=1S/C26H30ClNO2/c1-25(2,3)17-14-18(24(29)20(15-17)26(4,5)6)16-11-12-22(30-7)19(13-16)21-9-8-10-23(27)28-21/h8-15,29H,1-7H3. The van der Waals surface area contributed by atoms with E-state index < -0.39 is 0 Å². The van der Waals surface area contributed by atoms with Gasteiger partial charge in [0.15, 0.2) is 0 Å². The van der Waals surface area contributed by atoms with E-state index in [-0.39, 0.29) is 10.8 Å². The molecule has 0 saturated carbocycles. The largest absolute Gasteiger partial charge is 0.507 e. The summed E-state index contributed by atoms with van der Waals surface area (Å²) in [6, 6.07) is 15.6. The van der Waals surface area contributed by atoms with Crippen LogP contribution in [0.1, 0.15) is 52.7 Å². The molecule has 0 spiro atoms. The fourth-order valence-electron chi connectivity index (χ4n) is 3.49. The van der Waals surface area contributed by atoms with Gasteiger partial charge in [0.05, 0.1) is 12.8 Å². The van der Waals surface area contributed by atoms with Gasteiger partial charge >= 0.3 is 0 Å². The van der Waals surface area contributed by atoms with Crippen LogP contribution in [0.2, 0.25) is 5.15 Å². The Labute approximate surface area is 184 Å². The molecule has 3 rings (SSSR count). The highest BCUT2D eigenvalue weighted by molar-refractivity contribution is 6.29. The molecule has 158 valence electrons. The summed E-state index contributed by atoms with van der Waals surface area (Å²) in [7, 11) is 1.64. The average molecular weight is 424 g/mol. The van der Waals surface area contributed by atoms with E-state index >= 15 is 0 Å². The molecule has 0 saturated heterocycles. The maximum Gasteiger partial charge on any atom is 0.129 e. The van der Waals surface area contributed by atoms with Crippen molar-refractivity contribution in [1.82, 2.24) is 4.98 Å². The van der Waals surface area contributed by atoms with E-state index in [2.05, 4.69) is 58.7 Å². The summed E-state index contributed by atoms with van der Waals surface area (Å²) < 4.78 is 5.57. The summed E-state index contributed by atoms with van der Waals surface area (Å²) in [5.74, 6) is 1.02. The Bertz CT molecular complexity index is 1080. The van der Waals surface area contributed by atoms with Gasteiger partial charge in [-0.15, -0.1) is 0 Å². The molecule has 0 aliphatic rings. The van der Waals surface area contributed by atoms with Gasteiger partial charge in [-0.1, -0.05) is 71.3 Å². The Morgan fingerprint density at radius 3 is 2.13 bits per heavy atom. The highest BCUT2D eigenvalue weighted by Crippen LogP contribution is 2.43. The monoisotopic (exact) mass is 423 g/mol. The first-order chi connectivity index (χ1) is 13.9. The molecule has 3 aromatic rings. The first-order valence-electron chi connectivity index (χ1n) is 10.1. The number of methoxy groups -OCH3 is 1. The van der Waals surface area contributed by atoms with Gasteiger partial charge in [-0.2, -0.15) is 0 Å². The number of rotatable bonds is 3. The molecule has 0 radical (unpaired) electrons. The van der Waals surface area contributed by atoms with E-state index in [0.717, 1.165) is 27.9 Å². The third-order valence-electron chi connectivity index (χ3n) is 5.29. The van der Waals surface area contributed by atoms with Gasteiger partial charge in [-0.25, -0.2) is 4.98 Å². The maximum absolute atomic E-state index is 11.2. The molecule has 1 heterocycles. The van der Waals surface area contributed by atoms with Crippen LogP contribution >= 0.6 is 11.6 Å². The second-order valence-electron chi connectivity index (χ2n) is 9.68. The average Bonchev–Trinajstić information content (AvgIpc) is 2.66. The second kappa shape index (κ2) is 7.96. The van der Waals surface area contributed by atoms with Crippen LogP contribution < -0.4 is 4.74 Å². The van der Waals surface area contributed by atoms with Crippen molar-refractivity contribution >= 4 is 11.6 Å². The number of phenols is 1. The molecule has 1 N–H and O–H groups in total. The summed E-state index contributed by atoms with van der Waals surface area (Å²) >= 11 is 6.12. The molecule has 30 heavy (non-hydrogen) atoms. The number of aromatic hydroxyl groups is 1. The minimum atomic E-state index is -0.191. The van der Waals surface area contributed by atoms with E-state index in [9.17, 15) is 5.11 Å². The van der Waals surface area contributed by atoms with E-state index in [1.54, 1.807) is 13.2 Å². The molecule has 1 aromatic heterocycles. The first kappa shape index (κ1) is 22.2. The van der Waals surface area contributed by atoms with Crippen molar-refractivity contribution in [2.24, 2.45) is 0 Å². The van der Waals surface area contributed by atoms with Crippen LogP contribution in [0.4, 0.5) is 0 Å². The number of phenolic OH excluding ortho intramolecular Hbond substituents is 1. The SMILES string of the molecule is COc1ccc(-c2cc(C(C)(C)C)cc(C(C)(C)C)c2O)cc1-c1cccc(Cl)n1. The quantitative estimate of drug-likeness (QED) is 0.447. The number of ether oxygens (including phenoxy) is 1. The van der Waals surface area contributed by atoms with Crippen LogP contribution in [-0.2, 0) is 10.8 Å². The molecule has 0 bridgehead atoms. The number of pyridine rings is 1. The van der Waals surface area contributed by atoms with Crippen LogP contribution in [0.25, 0.3) is 22.4 Å². The summed E-state index contributed by atoms with van der Waals surface area (Å²) in [5, 5.41) is 11.7. The number of nitrogens with zero attached hydrogens (tertiary/aromatic N) is 1. The molecule has 0 aliphatic heterocycles. The van der Waals surface area contributed by atoms with Gasteiger partial charge < -0.3 is 9.84 Å². The summed E-state index contributed by atoms with van der Waals surface area (Å²) in [6.07, 6.45) is 0. The van der Waals surface area contributed by atoms with Gasteiger partial charge in [-0.05, 0) is 52.3 Å². The lowest BCUT2D eigenvalue weighted by Crippen LogP contribution is -2.17. The van der Waals surface area contributed by atoms with Gasteiger partial charge in [0.2, 0.25) is 0 Å². The Hall–Kier alpha value is -2.52. The Morgan fingerprint density at radius 2 is 1.57 bits per heavy atom. The maximum atomic E-state index is 11.2. The van der Waals surface area contributed by atoms with Gasteiger partial charge in [0.25, 0.3) is 0 Å². The molecule has 0 amide bonds. The van der Waals surface area contributed by atoms with Crippen LogP contribution in [0.15, 0.2) is 48.5 Å². The third kappa shape index (κ3) is 4.46. The van der Waals surface area contributed by atoms with Crippen LogP contribution in [0, 0.1) is 0 Å². The summed E-state index contributed by atoms with van der Waals surface area (Å²) in [5.41, 5.74) is 5.14. The number of hydrogen-bond donors (Lipinski definition) is 1. The minimum Gasteiger partial charge on any atom is -0.507 e. The smallest absolute Gasteiger partial charge is 0.129 e. The van der Waals surface area contributed by atoms with Crippen molar-refractivity contribution in [3.05, 3.63) is 64.8 Å². The van der Waals surface area contributed by atoms with Crippen LogP contribution in [0.3, 0.4) is 0 Å². The van der Waals surface area contributed by atoms with E-state index in [4.69, 9.17) is 16.3 Å². The second-order valence-corrected chi connectivity index (χ2v) is 10.1. The van der Waals surface area contributed by atoms with E-state index in [1.807, 2.05) is 30.3 Å². The lowest BCUT2D eigenvalue weighted by Gasteiger charge is -2.27. The topological polar surface area (TPSA) is 42.4 Å². The van der Waals surface area contributed by atoms with Crippen molar-refractivity contribution in [1.29, 1.82) is 0 Å². The Morgan fingerprint density at radius 1 is 0.867 bits per heavy atom. The van der Waals surface area contributed by atoms with Gasteiger partial charge in [0.1, 0.15) is 16.7 Å². The zero-order valence-electron chi connectivity index (χ0n) is 18.8. The van der Waals surface area contributed by atoms with Crippen molar-refractivity contribution < 1.29 is 9.84 Å². The first-order valence-corrected chi connectivity index (χ1v) is 10.5. The van der Waals surface area contributed by atoms with E-state index in [0.29, 0.717) is 16.7 Å². The fraction of sp³-hybridized carbons (Fsp3) is 0.346. The fourth-order valence-corrected chi connectivity index (χ4v) is 3.66. The zero-order valence-corrected chi connectivity index (χ0v) is 19.6. The Balaban J connectivity index is 2.29. The molecule has 0 fully saturated rings. The van der Waals surface area contributed by atoms with E-state index in [1.165, 1.54) is 5.56 Å². The highest BCUT2D eigenvalue weighted by Gasteiger charge is 2.26. The predicted molar refractivity (Wildman–Crippen MR) is 126 cm³/mol. The van der Waals surface area contributed by atoms with Crippen molar-refractivity contribution in [2.75, 3.05) is 7.11 Å². The lowest BCUT2D eigenvalue weighted by molar-refractivity contribution is 0.416. The Kier molecular flexibility index (Phi) is 5.88.